The van der Waals surface area contributed by atoms with Crippen LogP contribution < -0.4 is 14.9 Å². The molecule has 0 atom stereocenters. The van der Waals surface area contributed by atoms with E-state index in [0.29, 0.717) is 28.1 Å². The van der Waals surface area contributed by atoms with Crippen molar-refractivity contribution in [1.82, 2.24) is 5.43 Å². The van der Waals surface area contributed by atoms with Gasteiger partial charge in [-0.3, -0.25) is 0 Å². The molecule has 2 aromatic rings. The summed E-state index contributed by atoms with van der Waals surface area (Å²) in [5.41, 5.74) is 4.67. The number of nitrogens with one attached hydrogen (secondary N) is 1. The Labute approximate surface area is 139 Å². The summed E-state index contributed by atoms with van der Waals surface area (Å²) in [4.78, 5) is 0. The molecule has 0 aliphatic rings. The average Bonchev–Trinajstić information content (AvgIpc) is 2.53. The lowest BCUT2D eigenvalue weighted by atomic mass is 10.2. The minimum absolute atomic E-state index is 0.496. The Bertz CT molecular complexity index is 675. The van der Waals surface area contributed by atoms with Crippen molar-refractivity contribution in [2.24, 2.45) is 5.10 Å². The fourth-order valence-corrected chi connectivity index (χ4v) is 2.32. The van der Waals surface area contributed by atoms with Crippen molar-refractivity contribution in [1.29, 1.82) is 0 Å². The van der Waals surface area contributed by atoms with Crippen molar-refractivity contribution in [2.45, 2.75) is 6.54 Å². The monoisotopic (exact) mass is 338 g/mol. The van der Waals surface area contributed by atoms with E-state index in [1.807, 2.05) is 24.3 Å². The topological polar surface area (TPSA) is 42.9 Å². The van der Waals surface area contributed by atoms with Gasteiger partial charge >= 0.3 is 0 Å². The zero-order valence-electron chi connectivity index (χ0n) is 12.3. The van der Waals surface area contributed by atoms with Crippen LogP contribution in [0.5, 0.6) is 11.5 Å². The van der Waals surface area contributed by atoms with E-state index in [1.165, 1.54) is 0 Å². The first-order chi connectivity index (χ1) is 10.7. The van der Waals surface area contributed by atoms with Gasteiger partial charge in [0.05, 0.1) is 32.0 Å². The Balaban J connectivity index is 2.07. The quantitative estimate of drug-likeness (QED) is 0.636. The lowest BCUT2D eigenvalue weighted by Gasteiger charge is -2.09. The molecule has 4 nitrogen and oxygen atoms in total. The molecule has 0 aliphatic heterocycles. The predicted molar refractivity (Wildman–Crippen MR) is 90.4 cm³/mol. The molecule has 0 aliphatic carbocycles. The van der Waals surface area contributed by atoms with E-state index in [9.17, 15) is 0 Å². The highest BCUT2D eigenvalue weighted by molar-refractivity contribution is 6.32. The Morgan fingerprint density at radius 2 is 1.77 bits per heavy atom. The molecule has 2 rings (SSSR count). The van der Waals surface area contributed by atoms with Gasteiger partial charge in [-0.1, -0.05) is 41.4 Å². The molecule has 0 heterocycles. The molecular formula is C16H16Cl2N2O2. The van der Waals surface area contributed by atoms with Crippen molar-refractivity contribution >= 4 is 29.4 Å². The molecule has 0 fully saturated rings. The van der Waals surface area contributed by atoms with Gasteiger partial charge in [0.1, 0.15) is 11.5 Å². The van der Waals surface area contributed by atoms with Crippen LogP contribution in [0.2, 0.25) is 10.0 Å². The molecule has 22 heavy (non-hydrogen) atoms. The minimum atomic E-state index is 0.496. The summed E-state index contributed by atoms with van der Waals surface area (Å²) < 4.78 is 10.5. The molecule has 1 N–H and O–H groups in total. The number of methoxy groups -OCH3 is 2. The number of hydrogen-bond acceptors (Lipinski definition) is 4. The minimum Gasteiger partial charge on any atom is -0.496 e. The largest absolute Gasteiger partial charge is 0.496 e. The number of halogens is 2. The summed E-state index contributed by atoms with van der Waals surface area (Å²) in [5.74, 6) is 1.18. The Morgan fingerprint density at radius 3 is 2.45 bits per heavy atom. The first kappa shape index (κ1) is 16.5. The summed E-state index contributed by atoms with van der Waals surface area (Å²) >= 11 is 12.2. The van der Waals surface area contributed by atoms with Gasteiger partial charge in [-0.25, -0.2) is 0 Å². The molecule has 0 spiro atoms. The number of benzene rings is 2. The van der Waals surface area contributed by atoms with Crippen LogP contribution in [0.1, 0.15) is 11.1 Å². The summed E-state index contributed by atoms with van der Waals surface area (Å²) in [5, 5.41) is 5.37. The van der Waals surface area contributed by atoms with Gasteiger partial charge in [-0.2, -0.15) is 5.10 Å². The SMILES string of the molecule is COc1cc(OC)c(/C=N\NCc2ccccc2Cl)cc1Cl. The number of nitrogens with zero attached hydrogens (tertiary/aromatic N) is 1. The second-order valence-corrected chi connectivity index (χ2v) is 5.23. The van der Waals surface area contributed by atoms with Crippen molar-refractivity contribution < 1.29 is 9.47 Å². The maximum atomic E-state index is 6.11. The van der Waals surface area contributed by atoms with Crippen LogP contribution in [0, 0.1) is 0 Å². The first-order valence-corrected chi connectivity index (χ1v) is 7.32. The number of rotatable bonds is 6. The van der Waals surface area contributed by atoms with Gasteiger partial charge < -0.3 is 14.9 Å². The van der Waals surface area contributed by atoms with Crippen LogP contribution in [0.15, 0.2) is 41.5 Å². The fourth-order valence-electron chi connectivity index (χ4n) is 1.87. The van der Waals surface area contributed by atoms with Crippen LogP contribution >= 0.6 is 23.2 Å². The normalized spacial score (nSPS) is 10.7. The second-order valence-electron chi connectivity index (χ2n) is 4.41. The Morgan fingerprint density at radius 1 is 1.05 bits per heavy atom. The predicted octanol–water partition coefficient (Wildman–Crippen LogP) is 4.13. The van der Waals surface area contributed by atoms with Gasteiger partial charge in [0, 0.05) is 16.7 Å². The highest BCUT2D eigenvalue weighted by Gasteiger charge is 2.08. The van der Waals surface area contributed by atoms with Gasteiger partial charge in [0.2, 0.25) is 0 Å². The molecular weight excluding hydrogens is 323 g/mol. The number of ether oxygens (including phenoxy) is 2. The van der Waals surface area contributed by atoms with Crippen LogP contribution in [0.4, 0.5) is 0 Å². The maximum absolute atomic E-state index is 6.11. The van der Waals surface area contributed by atoms with Gasteiger partial charge in [-0.05, 0) is 17.7 Å². The maximum Gasteiger partial charge on any atom is 0.141 e. The molecule has 0 radical (unpaired) electrons. The van der Waals surface area contributed by atoms with Crippen molar-refractivity contribution in [3.05, 3.63) is 57.6 Å². The van der Waals surface area contributed by atoms with Crippen LogP contribution in [0.3, 0.4) is 0 Å². The van der Waals surface area contributed by atoms with E-state index in [4.69, 9.17) is 32.7 Å². The number of hydrazone groups is 1. The van der Waals surface area contributed by atoms with Crippen molar-refractivity contribution in [3.8, 4) is 11.5 Å². The van der Waals surface area contributed by atoms with Crippen molar-refractivity contribution in [3.63, 3.8) is 0 Å². The molecule has 6 heteroatoms. The highest BCUT2D eigenvalue weighted by Crippen LogP contribution is 2.31. The summed E-state index contributed by atoms with van der Waals surface area (Å²) in [6, 6.07) is 11.1. The Kier molecular flexibility index (Phi) is 5.92. The van der Waals surface area contributed by atoms with Gasteiger partial charge in [-0.15, -0.1) is 0 Å². The Hall–Kier alpha value is -1.91. The van der Waals surface area contributed by atoms with Crippen LogP contribution in [-0.2, 0) is 6.54 Å². The second kappa shape index (κ2) is 7.92. The average molecular weight is 339 g/mol. The number of hydrogen-bond donors (Lipinski definition) is 1. The van der Waals surface area contributed by atoms with Crippen LogP contribution in [-0.4, -0.2) is 20.4 Å². The lowest BCUT2D eigenvalue weighted by molar-refractivity contribution is 0.394. The van der Waals surface area contributed by atoms with Gasteiger partial charge in [0.25, 0.3) is 0 Å². The molecule has 0 saturated carbocycles. The third kappa shape index (κ3) is 4.06. The molecule has 0 unspecified atom stereocenters. The van der Waals surface area contributed by atoms with Crippen LogP contribution in [0.25, 0.3) is 0 Å². The smallest absolute Gasteiger partial charge is 0.141 e. The zero-order valence-corrected chi connectivity index (χ0v) is 13.8. The van der Waals surface area contributed by atoms with E-state index < -0.39 is 0 Å². The highest BCUT2D eigenvalue weighted by atomic mass is 35.5. The molecule has 2 aromatic carbocycles. The van der Waals surface area contributed by atoms with Crippen molar-refractivity contribution in [2.75, 3.05) is 14.2 Å². The summed E-state index contributed by atoms with van der Waals surface area (Å²) in [6.07, 6.45) is 1.64. The van der Waals surface area contributed by atoms with E-state index >= 15 is 0 Å². The lowest BCUT2D eigenvalue weighted by Crippen LogP contribution is -2.06. The standard InChI is InChI=1S/C16H16Cl2N2O2/c1-21-15-8-16(22-2)14(18)7-12(15)10-20-19-9-11-5-3-4-6-13(11)17/h3-8,10,19H,9H2,1-2H3/b20-10-. The molecule has 0 aromatic heterocycles. The fraction of sp³-hybridized carbons (Fsp3) is 0.188. The van der Waals surface area contributed by atoms with E-state index in [-0.39, 0.29) is 0 Å². The molecule has 0 amide bonds. The third-order valence-corrected chi connectivity index (χ3v) is 3.69. The summed E-state index contributed by atoms with van der Waals surface area (Å²) in [7, 11) is 3.14. The van der Waals surface area contributed by atoms with Gasteiger partial charge in [0.15, 0.2) is 0 Å². The van der Waals surface area contributed by atoms with E-state index in [1.54, 1.807) is 32.6 Å². The summed E-state index contributed by atoms with van der Waals surface area (Å²) in [6.45, 7) is 0.530. The van der Waals surface area contributed by atoms with E-state index in [0.717, 1.165) is 11.1 Å². The third-order valence-electron chi connectivity index (χ3n) is 3.03. The zero-order chi connectivity index (χ0) is 15.9. The van der Waals surface area contributed by atoms with E-state index in [2.05, 4.69) is 10.5 Å². The first-order valence-electron chi connectivity index (χ1n) is 6.56. The molecule has 0 bridgehead atoms. The molecule has 0 saturated heterocycles. The molecule has 116 valence electrons.